The van der Waals surface area contributed by atoms with Gasteiger partial charge in [-0.15, -0.1) is 5.10 Å². The Morgan fingerprint density at radius 2 is 2.00 bits per heavy atom. The number of nitrogens with zero attached hydrogens (tertiary/aromatic N) is 4. The molecule has 1 aromatic rings. The van der Waals surface area contributed by atoms with Crippen LogP contribution in [0.25, 0.3) is 0 Å². The van der Waals surface area contributed by atoms with Crippen molar-refractivity contribution in [3.63, 3.8) is 0 Å². The van der Waals surface area contributed by atoms with E-state index in [9.17, 15) is 13.2 Å². The fraction of sp³-hybridized carbons (Fsp3) is 0.600. The summed E-state index contributed by atoms with van der Waals surface area (Å²) >= 11 is 0. The summed E-state index contributed by atoms with van der Waals surface area (Å²) in [6.07, 6.45) is 0.132. The first kappa shape index (κ1) is 13.8. The second-order valence-corrected chi connectivity index (χ2v) is 6.35. The number of carbonyl (C=O) groups is 1. The summed E-state index contributed by atoms with van der Waals surface area (Å²) in [6, 6.07) is 0. The predicted molar refractivity (Wildman–Crippen MR) is 67.7 cm³/mol. The topological polar surface area (TPSA) is 119 Å². The Labute approximate surface area is 111 Å². The van der Waals surface area contributed by atoms with Gasteiger partial charge in [0.15, 0.2) is 0 Å². The van der Waals surface area contributed by atoms with E-state index >= 15 is 0 Å². The maximum Gasteiger partial charge on any atom is 0.252 e. The number of rotatable bonds is 3. The van der Waals surface area contributed by atoms with Crippen LogP contribution in [0.2, 0.25) is 0 Å². The highest BCUT2D eigenvalue weighted by Crippen LogP contribution is 2.22. The highest BCUT2D eigenvalue weighted by molar-refractivity contribution is 7.89. The molecule has 2 N–H and O–H groups in total. The molecule has 9 heteroatoms. The van der Waals surface area contributed by atoms with Crippen molar-refractivity contribution in [2.45, 2.75) is 20.3 Å². The quantitative estimate of drug-likeness (QED) is 0.771. The van der Waals surface area contributed by atoms with Crippen molar-refractivity contribution >= 4 is 21.9 Å². The fourth-order valence-corrected chi connectivity index (χ4v) is 2.86. The highest BCUT2D eigenvalue weighted by atomic mass is 32.2. The molecule has 1 fully saturated rings. The van der Waals surface area contributed by atoms with Crippen molar-refractivity contribution < 1.29 is 13.2 Å². The van der Waals surface area contributed by atoms with Crippen molar-refractivity contribution in [3.05, 3.63) is 11.4 Å². The number of carbonyl (C=O) groups excluding carboxylic acids is 1. The number of aromatic nitrogens is 3. The number of hydrogen-bond donors (Lipinski definition) is 1. The smallest absolute Gasteiger partial charge is 0.252 e. The third-order valence-electron chi connectivity index (χ3n) is 3.00. The summed E-state index contributed by atoms with van der Waals surface area (Å²) in [5, 5.41) is 12.8. The average molecular weight is 285 g/mol. The Morgan fingerprint density at radius 3 is 2.58 bits per heavy atom. The molecule has 1 saturated heterocycles. The third-order valence-corrected chi connectivity index (χ3v) is 3.93. The SMILES string of the molecule is Cc1nnc(N2CC(CS(N)(=O)=O)CC2=O)nc1C. The highest BCUT2D eigenvalue weighted by Gasteiger charge is 2.34. The van der Waals surface area contributed by atoms with Crippen molar-refractivity contribution in [1.82, 2.24) is 15.2 Å². The van der Waals surface area contributed by atoms with Crippen LogP contribution in [-0.2, 0) is 14.8 Å². The second-order valence-electron chi connectivity index (χ2n) is 4.69. The van der Waals surface area contributed by atoms with Gasteiger partial charge in [0.05, 0.1) is 17.1 Å². The van der Waals surface area contributed by atoms with Crippen LogP contribution in [0.3, 0.4) is 0 Å². The molecule has 0 radical (unpaired) electrons. The van der Waals surface area contributed by atoms with Gasteiger partial charge in [0, 0.05) is 18.9 Å². The van der Waals surface area contributed by atoms with Gasteiger partial charge in [0.2, 0.25) is 15.9 Å². The minimum absolute atomic E-state index is 0.132. The third kappa shape index (κ3) is 3.24. The molecule has 0 aromatic carbocycles. The molecule has 0 saturated carbocycles. The summed E-state index contributed by atoms with van der Waals surface area (Å²) in [4.78, 5) is 17.4. The van der Waals surface area contributed by atoms with Gasteiger partial charge in [-0.1, -0.05) is 0 Å². The van der Waals surface area contributed by atoms with E-state index in [2.05, 4.69) is 15.2 Å². The standard InChI is InChI=1S/C10H15N5O3S/c1-6-7(2)13-14-10(12-6)15-4-8(3-9(15)16)5-19(11,17)18/h8H,3-5H2,1-2H3,(H2,11,17,18). The molecule has 2 heterocycles. The van der Waals surface area contributed by atoms with E-state index in [1.54, 1.807) is 13.8 Å². The molecule has 0 spiro atoms. The maximum atomic E-state index is 11.8. The lowest BCUT2D eigenvalue weighted by Gasteiger charge is -2.14. The van der Waals surface area contributed by atoms with Crippen LogP contribution in [0.4, 0.5) is 5.95 Å². The van der Waals surface area contributed by atoms with E-state index in [-0.39, 0.29) is 36.5 Å². The molecule has 1 aliphatic rings. The number of sulfonamides is 1. The zero-order valence-corrected chi connectivity index (χ0v) is 11.5. The van der Waals surface area contributed by atoms with Crippen LogP contribution >= 0.6 is 0 Å². The number of hydrogen-bond acceptors (Lipinski definition) is 6. The Morgan fingerprint density at radius 1 is 1.32 bits per heavy atom. The number of amides is 1. The van der Waals surface area contributed by atoms with Gasteiger partial charge in [-0.25, -0.2) is 18.5 Å². The van der Waals surface area contributed by atoms with Crippen LogP contribution < -0.4 is 10.0 Å². The van der Waals surface area contributed by atoms with E-state index < -0.39 is 10.0 Å². The number of nitrogens with two attached hydrogens (primary N) is 1. The molecule has 1 atom stereocenters. The Kier molecular flexibility index (Phi) is 3.50. The van der Waals surface area contributed by atoms with Crippen LogP contribution in [0.5, 0.6) is 0 Å². The molecule has 1 amide bonds. The van der Waals surface area contributed by atoms with E-state index in [4.69, 9.17) is 5.14 Å². The minimum Gasteiger partial charge on any atom is -0.279 e. The van der Waals surface area contributed by atoms with Gasteiger partial charge in [0.1, 0.15) is 0 Å². The van der Waals surface area contributed by atoms with Crippen molar-refractivity contribution in [2.75, 3.05) is 17.2 Å². The summed E-state index contributed by atoms with van der Waals surface area (Å²) < 4.78 is 22.1. The van der Waals surface area contributed by atoms with E-state index in [1.165, 1.54) is 4.90 Å². The predicted octanol–water partition coefficient (Wildman–Crippen LogP) is -0.870. The Bertz CT molecular complexity index is 616. The normalized spacial score (nSPS) is 20.1. The van der Waals surface area contributed by atoms with E-state index in [0.717, 1.165) is 0 Å². The van der Waals surface area contributed by atoms with Gasteiger partial charge in [-0.3, -0.25) is 9.69 Å². The first-order valence-corrected chi connectivity index (χ1v) is 7.46. The molecular weight excluding hydrogens is 270 g/mol. The molecule has 2 rings (SSSR count). The molecule has 0 aliphatic carbocycles. The second kappa shape index (κ2) is 4.82. The van der Waals surface area contributed by atoms with Gasteiger partial charge in [0.25, 0.3) is 5.95 Å². The molecule has 1 unspecified atom stereocenters. The van der Waals surface area contributed by atoms with Crippen LogP contribution in [0.1, 0.15) is 17.8 Å². The maximum absolute atomic E-state index is 11.8. The van der Waals surface area contributed by atoms with Gasteiger partial charge >= 0.3 is 0 Å². The number of anilines is 1. The van der Waals surface area contributed by atoms with Gasteiger partial charge in [-0.2, -0.15) is 5.10 Å². The lowest BCUT2D eigenvalue weighted by atomic mass is 10.1. The van der Waals surface area contributed by atoms with Crippen molar-refractivity contribution in [1.29, 1.82) is 0 Å². The van der Waals surface area contributed by atoms with Crippen molar-refractivity contribution in [3.8, 4) is 0 Å². The Hall–Kier alpha value is -1.61. The van der Waals surface area contributed by atoms with Crippen LogP contribution in [0.15, 0.2) is 0 Å². The monoisotopic (exact) mass is 285 g/mol. The lowest BCUT2D eigenvalue weighted by molar-refractivity contribution is -0.117. The first-order valence-electron chi connectivity index (χ1n) is 5.75. The van der Waals surface area contributed by atoms with E-state index in [1.807, 2.05) is 0 Å². The average Bonchev–Trinajstić information content (AvgIpc) is 2.61. The molecular formula is C10H15N5O3S. The largest absolute Gasteiger partial charge is 0.279 e. The van der Waals surface area contributed by atoms with Gasteiger partial charge < -0.3 is 0 Å². The first-order chi connectivity index (χ1) is 8.76. The molecule has 0 bridgehead atoms. The summed E-state index contributed by atoms with van der Waals surface area (Å²) in [7, 11) is -3.59. The zero-order chi connectivity index (χ0) is 14.2. The molecule has 1 aromatic heterocycles. The fourth-order valence-electron chi connectivity index (χ4n) is 1.97. The van der Waals surface area contributed by atoms with E-state index in [0.29, 0.717) is 11.4 Å². The zero-order valence-electron chi connectivity index (χ0n) is 10.7. The molecule has 1 aliphatic heterocycles. The van der Waals surface area contributed by atoms with Gasteiger partial charge in [-0.05, 0) is 13.8 Å². The van der Waals surface area contributed by atoms with Crippen LogP contribution in [-0.4, -0.2) is 41.8 Å². The van der Waals surface area contributed by atoms with Crippen molar-refractivity contribution in [2.24, 2.45) is 11.1 Å². The molecule has 8 nitrogen and oxygen atoms in total. The Balaban J connectivity index is 2.18. The number of primary sulfonamides is 1. The molecule has 19 heavy (non-hydrogen) atoms. The lowest BCUT2D eigenvalue weighted by Crippen LogP contribution is -2.29. The molecule has 104 valence electrons. The minimum atomic E-state index is -3.59. The number of aryl methyl sites for hydroxylation is 2. The summed E-state index contributed by atoms with van der Waals surface area (Å²) in [5.41, 5.74) is 1.38. The summed E-state index contributed by atoms with van der Waals surface area (Å²) in [6.45, 7) is 3.80. The summed E-state index contributed by atoms with van der Waals surface area (Å²) in [5.74, 6) is -0.538. The van der Waals surface area contributed by atoms with Crippen LogP contribution in [0, 0.1) is 19.8 Å².